The topological polar surface area (TPSA) is 98.8 Å². The predicted molar refractivity (Wildman–Crippen MR) is 127 cm³/mol. The van der Waals surface area contributed by atoms with Crippen LogP contribution in [0.2, 0.25) is 0 Å². The first kappa shape index (κ1) is 21.5. The van der Waals surface area contributed by atoms with E-state index in [1.165, 1.54) is 12.1 Å². The molecule has 7 nitrogen and oxygen atoms in total. The van der Waals surface area contributed by atoms with E-state index in [4.69, 9.17) is 4.98 Å². The smallest absolute Gasteiger partial charge is 0.161 e. The minimum atomic E-state index is -0.922. The number of pyridine rings is 1. The van der Waals surface area contributed by atoms with E-state index in [0.29, 0.717) is 30.1 Å². The molecule has 5 rings (SSSR count). The van der Waals surface area contributed by atoms with Crippen LogP contribution in [0.15, 0.2) is 48.9 Å². The van der Waals surface area contributed by atoms with Crippen LogP contribution in [0.3, 0.4) is 0 Å². The van der Waals surface area contributed by atoms with Crippen LogP contribution < -0.4 is 10.6 Å². The van der Waals surface area contributed by atoms with E-state index >= 15 is 0 Å². The van der Waals surface area contributed by atoms with Gasteiger partial charge < -0.3 is 20.7 Å². The van der Waals surface area contributed by atoms with Gasteiger partial charge in [-0.25, -0.2) is 19.3 Å². The van der Waals surface area contributed by atoms with Crippen molar-refractivity contribution < 1.29 is 9.50 Å². The van der Waals surface area contributed by atoms with E-state index in [9.17, 15) is 9.50 Å². The molecule has 1 aromatic carbocycles. The van der Waals surface area contributed by atoms with Gasteiger partial charge in [-0.05, 0) is 62.2 Å². The standard InChI is InChI=1S/C25H27FN6O/c1-15(2)18-13-29-22(16-3-5-17(26)6-4-16)32-23(18)31-20-7-10-28-24-21(20)19(14-30-24)25(33)8-11-27-12-9-25/h3-7,10,13-15,27,33H,8-9,11-12H2,1-2H3,(H2,28,29,30,31,32). The van der Waals surface area contributed by atoms with Gasteiger partial charge in [-0.15, -0.1) is 0 Å². The normalized spacial score (nSPS) is 15.8. The molecule has 1 saturated heterocycles. The molecule has 1 fully saturated rings. The lowest BCUT2D eigenvalue weighted by atomic mass is 9.85. The molecule has 0 amide bonds. The highest BCUT2D eigenvalue weighted by atomic mass is 19.1. The highest BCUT2D eigenvalue weighted by Crippen LogP contribution is 2.39. The zero-order chi connectivity index (χ0) is 23.0. The maximum Gasteiger partial charge on any atom is 0.161 e. The Kier molecular flexibility index (Phi) is 5.55. The number of aliphatic hydroxyl groups is 1. The summed E-state index contributed by atoms with van der Waals surface area (Å²) in [6, 6.07) is 8.05. The van der Waals surface area contributed by atoms with Gasteiger partial charge in [-0.3, -0.25) is 0 Å². The number of fused-ring (bicyclic) bond motifs is 1. The Labute approximate surface area is 191 Å². The summed E-state index contributed by atoms with van der Waals surface area (Å²) >= 11 is 0. The number of nitrogens with one attached hydrogen (secondary N) is 3. The number of aromatic amines is 1. The Hall–Kier alpha value is -3.36. The summed E-state index contributed by atoms with van der Waals surface area (Å²) in [5.41, 5.74) is 3.14. The number of halogens is 1. The van der Waals surface area contributed by atoms with E-state index in [1.54, 1.807) is 18.3 Å². The van der Waals surface area contributed by atoms with Crippen LogP contribution >= 0.6 is 0 Å². The van der Waals surface area contributed by atoms with Crippen molar-refractivity contribution in [3.63, 3.8) is 0 Å². The molecule has 8 heteroatoms. The molecule has 170 valence electrons. The molecule has 1 aliphatic rings. The van der Waals surface area contributed by atoms with Gasteiger partial charge in [0.15, 0.2) is 5.82 Å². The lowest BCUT2D eigenvalue weighted by Gasteiger charge is -2.32. The van der Waals surface area contributed by atoms with Crippen LogP contribution in [0, 0.1) is 5.82 Å². The molecule has 0 spiro atoms. The highest BCUT2D eigenvalue weighted by molar-refractivity contribution is 5.95. The van der Waals surface area contributed by atoms with Crippen molar-refractivity contribution in [3.05, 3.63) is 65.9 Å². The second kappa shape index (κ2) is 8.53. The number of hydrogen-bond acceptors (Lipinski definition) is 6. The first-order chi connectivity index (χ1) is 15.9. The van der Waals surface area contributed by atoms with Crippen LogP contribution in [0.4, 0.5) is 15.9 Å². The molecule has 0 saturated carbocycles. The molecule has 0 atom stereocenters. The van der Waals surface area contributed by atoms with Crippen LogP contribution in [0.25, 0.3) is 22.4 Å². The van der Waals surface area contributed by atoms with Gasteiger partial charge in [0.1, 0.15) is 17.3 Å². The first-order valence-electron chi connectivity index (χ1n) is 11.2. The lowest BCUT2D eigenvalue weighted by molar-refractivity contribution is 0.00737. The van der Waals surface area contributed by atoms with Gasteiger partial charge in [0.05, 0.1) is 11.3 Å². The average molecular weight is 447 g/mol. The summed E-state index contributed by atoms with van der Waals surface area (Å²) in [4.78, 5) is 17.0. The van der Waals surface area contributed by atoms with Crippen molar-refractivity contribution in [1.82, 2.24) is 25.3 Å². The first-order valence-corrected chi connectivity index (χ1v) is 11.2. The van der Waals surface area contributed by atoms with Crippen LogP contribution in [-0.4, -0.2) is 38.1 Å². The maximum atomic E-state index is 13.4. The monoisotopic (exact) mass is 446 g/mol. The fourth-order valence-corrected chi connectivity index (χ4v) is 4.42. The largest absolute Gasteiger partial charge is 0.385 e. The lowest BCUT2D eigenvalue weighted by Crippen LogP contribution is -2.39. The number of benzene rings is 1. The van der Waals surface area contributed by atoms with Crippen molar-refractivity contribution in [3.8, 4) is 11.4 Å². The van der Waals surface area contributed by atoms with Crippen molar-refractivity contribution in [1.29, 1.82) is 0 Å². The number of anilines is 2. The average Bonchev–Trinajstić information content (AvgIpc) is 3.26. The van der Waals surface area contributed by atoms with Crippen LogP contribution in [0.1, 0.15) is 43.7 Å². The van der Waals surface area contributed by atoms with E-state index in [-0.39, 0.29) is 11.7 Å². The van der Waals surface area contributed by atoms with Gasteiger partial charge in [-0.1, -0.05) is 13.8 Å². The van der Waals surface area contributed by atoms with Crippen LogP contribution in [0.5, 0.6) is 0 Å². The molecular formula is C25H27FN6O. The third-order valence-electron chi connectivity index (χ3n) is 6.30. The van der Waals surface area contributed by atoms with Crippen LogP contribution in [-0.2, 0) is 5.60 Å². The van der Waals surface area contributed by atoms with Gasteiger partial charge in [-0.2, -0.15) is 0 Å². The highest BCUT2D eigenvalue weighted by Gasteiger charge is 2.34. The summed E-state index contributed by atoms with van der Waals surface area (Å²) in [5, 5.41) is 19.1. The molecule has 0 radical (unpaired) electrons. The quantitative estimate of drug-likeness (QED) is 0.358. The fraction of sp³-hybridized carbons (Fsp3) is 0.320. The van der Waals surface area contributed by atoms with E-state index < -0.39 is 5.60 Å². The number of nitrogens with zero attached hydrogens (tertiary/aromatic N) is 3. The van der Waals surface area contributed by atoms with Crippen molar-refractivity contribution in [2.45, 2.75) is 38.2 Å². The third-order valence-corrected chi connectivity index (χ3v) is 6.30. The maximum absolute atomic E-state index is 13.4. The molecule has 0 aliphatic carbocycles. The van der Waals surface area contributed by atoms with Gasteiger partial charge in [0.25, 0.3) is 0 Å². The minimum absolute atomic E-state index is 0.186. The summed E-state index contributed by atoms with van der Waals surface area (Å²) in [6.45, 7) is 5.69. The Morgan fingerprint density at radius 3 is 2.58 bits per heavy atom. The van der Waals surface area contributed by atoms with Gasteiger partial charge >= 0.3 is 0 Å². The molecule has 4 heterocycles. The molecule has 3 aromatic heterocycles. The van der Waals surface area contributed by atoms with E-state index in [0.717, 1.165) is 40.9 Å². The second-order valence-electron chi connectivity index (χ2n) is 8.85. The Morgan fingerprint density at radius 1 is 1.09 bits per heavy atom. The summed E-state index contributed by atoms with van der Waals surface area (Å²) in [6.07, 6.45) is 6.67. The number of piperidine rings is 1. The Balaban J connectivity index is 1.60. The molecule has 0 unspecified atom stereocenters. The SMILES string of the molecule is CC(C)c1cnc(-c2ccc(F)cc2)nc1Nc1ccnc2[nH]cc(C3(O)CCNCC3)c12. The molecule has 4 aromatic rings. The summed E-state index contributed by atoms with van der Waals surface area (Å²) in [7, 11) is 0. The predicted octanol–water partition coefficient (Wildman–Crippen LogP) is 4.60. The molecule has 0 bridgehead atoms. The number of H-pyrrole nitrogens is 1. The van der Waals surface area contributed by atoms with E-state index in [2.05, 4.69) is 39.4 Å². The van der Waals surface area contributed by atoms with Crippen molar-refractivity contribution >= 4 is 22.5 Å². The summed E-state index contributed by atoms with van der Waals surface area (Å²) < 4.78 is 13.4. The fourth-order valence-electron chi connectivity index (χ4n) is 4.42. The number of aromatic nitrogens is 4. The van der Waals surface area contributed by atoms with Crippen molar-refractivity contribution in [2.24, 2.45) is 0 Å². The second-order valence-corrected chi connectivity index (χ2v) is 8.85. The molecule has 33 heavy (non-hydrogen) atoms. The van der Waals surface area contributed by atoms with E-state index in [1.807, 2.05) is 18.5 Å². The molecule has 1 aliphatic heterocycles. The minimum Gasteiger partial charge on any atom is -0.385 e. The molecular weight excluding hydrogens is 419 g/mol. The molecule has 4 N–H and O–H groups in total. The van der Waals surface area contributed by atoms with Gasteiger partial charge in [0, 0.05) is 40.7 Å². The van der Waals surface area contributed by atoms with Gasteiger partial charge in [0.2, 0.25) is 0 Å². The Morgan fingerprint density at radius 2 is 1.85 bits per heavy atom. The third kappa shape index (κ3) is 4.07. The zero-order valence-corrected chi connectivity index (χ0v) is 18.7. The summed E-state index contributed by atoms with van der Waals surface area (Å²) in [5.74, 6) is 1.08. The Bertz CT molecular complexity index is 1280. The number of hydrogen-bond donors (Lipinski definition) is 4. The zero-order valence-electron chi connectivity index (χ0n) is 18.7. The van der Waals surface area contributed by atoms with Crippen molar-refractivity contribution in [2.75, 3.05) is 18.4 Å². The number of rotatable bonds is 5.